The molecule has 1 aliphatic carbocycles. The first-order chi connectivity index (χ1) is 20.0. The number of hydrogen-bond acceptors (Lipinski definition) is 6. The molecule has 6 heteroatoms. The van der Waals surface area contributed by atoms with Crippen molar-refractivity contribution < 1.29 is 18.7 Å². The number of carbonyl (C=O) groups excluding carboxylic acids is 1. The Morgan fingerprint density at radius 1 is 0.927 bits per heavy atom. The van der Waals surface area contributed by atoms with Gasteiger partial charge in [-0.1, -0.05) is 71.8 Å². The van der Waals surface area contributed by atoms with Gasteiger partial charge in [0.2, 0.25) is 5.89 Å². The lowest BCUT2D eigenvalue weighted by Crippen LogP contribution is -2.31. The summed E-state index contributed by atoms with van der Waals surface area (Å²) in [7, 11) is 0. The van der Waals surface area contributed by atoms with Crippen molar-refractivity contribution in [2.24, 2.45) is 0 Å². The lowest BCUT2D eigenvalue weighted by molar-refractivity contribution is -0.145. The molecule has 1 aliphatic heterocycles. The predicted octanol–water partition coefficient (Wildman–Crippen LogP) is 7.78. The summed E-state index contributed by atoms with van der Waals surface area (Å²) in [5, 5.41) is 0. The number of aryl methyl sites for hydroxylation is 2. The monoisotopic (exact) mass is 550 g/mol. The molecule has 0 N–H and O–H groups in total. The molecule has 6 nitrogen and oxygen atoms in total. The Hall–Kier alpha value is -3.90. The molecule has 0 bridgehead atoms. The molecule has 2 unspecified atom stereocenters. The second-order valence-electron chi connectivity index (χ2n) is 11.2. The number of oxazole rings is 1. The lowest BCUT2D eigenvalue weighted by Gasteiger charge is -2.36. The fourth-order valence-electron chi connectivity index (χ4n) is 6.32. The van der Waals surface area contributed by atoms with Gasteiger partial charge in [0, 0.05) is 17.2 Å². The maximum absolute atomic E-state index is 12.0. The van der Waals surface area contributed by atoms with E-state index in [-0.39, 0.29) is 24.7 Å². The Morgan fingerprint density at radius 2 is 1.63 bits per heavy atom. The summed E-state index contributed by atoms with van der Waals surface area (Å²) in [4.78, 5) is 19.7. The maximum Gasteiger partial charge on any atom is 0.344 e. The van der Waals surface area contributed by atoms with Gasteiger partial charge in [-0.25, -0.2) is 9.78 Å². The molecule has 1 saturated heterocycles. The van der Waals surface area contributed by atoms with E-state index < -0.39 is 0 Å². The summed E-state index contributed by atoms with van der Waals surface area (Å²) in [6, 6.07) is 23.6. The molecule has 2 aliphatic rings. The molecule has 2 atom stereocenters. The SMILES string of the molecule is CCOC(=O)COc1cccc2c1CCCC2N1CCCC1c1nc(-c2ccc(C)cc2)c(-c2ccc(C)cc2)o1. The highest BCUT2D eigenvalue weighted by atomic mass is 16.6. The quantitative estimate of drug-likeness (QED) is 0.209. The second-order valence-corrected chi connectivity index (χ2v) is 11.2. The number of nitrogens with zero attached hydrogens (tertiary/aromatic N) is 2. The summed E-state index contributed by atoms with van der Waals surface area (Å²) in [5.41, 5.74) is 7.93. The summed E-state index contributed by atoms with van der Waals surface area (Å²) in [6.07, 6.45) is 5.18. The number of likely N-dealkylation sites (tertiary alicyclic amines) is 1. The second kappa shape index (κ2) is 11.9. The van der Waals surface area contributed by atoms with Crippen LogP contribution in [0.5, 0.6) is 5.75 Å². The highest BCUT2D eigenvalue weighted by molar-refractivity contribution is 5.77. The zero-order valence-electron chi connectivity index (χ0n) is 24.2. The summed E-state index contributed by atoms with van der Waals surface area (Å²) in [5.74, 6) is 2.06. The van der Waals surface area contributed by atoms with Gasteiger partial charge in [-0.2, -0.15) is 0 Å². The molecular weight excluding hydrogens is 512 g/mol. The normalized spacial score (nSPS) is 18.7. The van der Waals surface area contributed by atoms with E-state index in [4.69, 9.17) is 18.9 Å². The Balaban J connectivity index is 1.33. The van der Waals surface area contributed by atoms with Gasteiger partial charge in [0.25, 0.3) is 0 Å². The smallest absolute Gasteiger partial charge is 0.344 e. The van der Waals surface area contributed by atoms with Crippen LogP contribution in [0.25, 0.3) is 22.6 Å². The molecule has 0 spiro atoms. The first kappa shape index (κ1) is 27.3. The summed E-state index contributed by atoms with van der Waals surface area (Å²) < 4.78 is 17.7. The number of hydrogen-bond donors (Lipinski definition) is 0. The third-order valence-corrected chi connectivity index (χ3v) is 8.35. The van der Waals surface area contributed by atoms with Crippen LogP contribution in [0.2, 0.25) is 0 Å². The zero-order chi connectivity index (χ0) is 28.3. The molecule has 41 heavy (non-hydrogen) atoms. The van der Waals surface area contributed by atoms with Crippen molar-refractivity contribution in [2.75, 3.05) is 19.8 Å². The molecule has 0 saturated carbocycles. The molecule has 1 aromatic heterocycles. The van der Waals surface area contributed by atoms with E-state index in [0.717, 1.165) is 72.9 Å². The topological polar surface area (TPSA) is 64.8 Å². The average Bonchev–Trinajstić information content (AvgIpc) is 3.65. The molecule has 0 amide bonds. The van der Waals surface area contributed by atoms with Gasteiger partial charge in [0.1, 0.15) is 11.4 Å². The highest BCUT2D eigenvalue weighted by Crippen LogP contribution is 2.46. The fraction of sp³-hybridized carbons (Fsp3) is 0.371. The Bertz CT molecular complexity index is 1440. The minimum absolute atomic E-state index is 0.0683. The Labute approximate surface area is 242 Å². The molecule has 0 radical (unpaired) electrons. The van der Waals surface area contributed by atoms with Crippen molar-refractivity contribution in [1.82, 2.24) is 9.88 Å². The predicted molar refractivity (Wildman–Crippen MR) is 160 cm³/mol. The molecule has 4 aromatic rings. The van der Waals surface area contributed by atoms with Crippen LogP contribution < -0.4 is 4.74 Å². The van der Waals surface area contributed by atoms with Crippen LogP contribution >= 0.6 is 0 Å². The van der Waals surface area contributed by atoms with Crippen LogP contribution in [-0.4, -0.2) is 35.6 Å². The van der Waals surface area contributed by atoms with E-state index in [2.05, 4.69) is 73.3 Å². The van der Waals surface area contributed by atoms with Crippen molar-refractivity contribution >= 4 is 5.97 Å². The van der Waals surface area contributed by atoms with Crippen LogP contribution in [-0.2, 0) is 16.0 Å². The van der Waals surface area contributed by atoms with Crippen LogP contribution in [0, 0.1) is 13.8 Å². The van der Waals surface area contributed by atoms with Crippen molar-refractivity contribution in [2.45, 2.75) is 65.0 Å². The fourth-order valence-corrected chi connectivity index (χ4v) is 6.32. The van der Waals surface area contributed by atoms with Crippen molar-refractivity contribution in [3.8, 4) is 28.3 Å². The van der Waals surface area contributed by atoms with Crippen molar-refractivity contribution in [1.29, 1.82) is 0 Å². The lowest BCUT2D eigenvalue weighted by atomic mass is 9.86. The first-order valence-corrected chi connectivity index (χ1v) is 14.8. The van der Waals surface area contributed by atoms with E-state index in [0.29, 0.717) is 6.61 Å². The molecule has 1 fully saturated rings. The van der Waals surface area contributed by atoms with Gasteiger partial charge >= 0.3 is 5.97 Å². The van der Waals surface area contributed by atoms with Crippen LogP contribution in [0.1, 0.15) is 72.8 Å². The van der Waals surface area contributed by atoms with Crippen molar-refractivity contribution in [3.05, 3.63) is 94.9 Å². The highest BCUT2D eigenvalue weighted by Gasteiger charge is 2.38. The van der Waals surface area contributed by atoms with E-state index in [1.807, 2.05) is 12.1 Å². The average molecular weight is 551 g/mol. The van der Waals surface area contributed by atoms with E-state index >= 15 is 0 Å². The zero-order valence-corrected chi connectivity index (χ0v) is 24.2. The number of aromatic nitrogens is 1. The molecule has 6 rings (SSSR count). The number of fused-ring (bicyclic) bond motifs is 1. The van der Waals surface area contributed by atoms with Crippen molar-refractivity contribution in [3.63, 3.8) is 0 Å². The van der Waals surface area contributed by atoms with Crippen LogP contribution in [0.3, 0.4) is 0 Å². The van der Waals surface area contributed by atoms with Gasteiger partial charge in [-0.15, -0.1) is 0 Å². The third-order valence-electron chi connectivity index (χ3n) is 8.35. The summed E-state index contributed by atoms with van der Waals surface area (Å²) >= 11 is 0. The molecule has 212 valence electrons. The van der Waals surface area contributed by atoms with Crippen LogP contribution in [0.4, 0.5) is 0 Å². The molecule has 2 heterocycles. The maximum atomic E-state index is 12.0. The van der Waals surface area contributed by atoms with Gasteiger partial charge in [0.05, 0.1) is 12.6 Å². The van der Waals surface area contributed by atoms with Gasteiger partial charge in [-0.3, -0.25) is 4.90 Å². The number of benzene rings is 3. The largest absolute Gasteiger partial charge is 0.482 e. The van der Waals surface area contributed by atoms with E-state index in [1.165, 1.54) is 22.3 Å². The van der Waals surface area contributed by atoms with E-state index in [9.17, 15) is 4.79 Å². The summed E-state index contributed by atoms with van der Waals surface area (Å²) in [6.45, 7) is 7.28. The molecule has 3 aromatic carbocycles. The van der Waals surface area contributed by atoms with Gasteiger partial charge in [0.15, 0.2) is 12.4 Å². The van der Waals surface area contributed by atoms with Gasteiger partial charge < -0.3 is 13.9 Å². The number of ether oxygens (including phenoxy) is 2. The minimum atomic E-state index is -0.338. The Kier molecular flexibility index (Phi) is 7.93. The molecular formula is C35H38N2O4. The third kappa shape index (κ3) is 5.66. The standard InChI is InChI=1S/C35H38N2O4/c1-4-39-32(38)22-40-31-12-6-8-27-28(31)9-5-10-29(27)37-21-7-11-30(37)35-36-33(25-17-13-23(2)14-18-25)34(41-35)26-19-15-24(3)16-20-26/h6,8,12-20,29-30H,4-5,7,9-11,21-22H2,1-3H3. The Morgan fingerprint density at radius 3 is 2.37 bits per heavy atom. The number of esters is 1. The van der Waals surface area contributed by atoms with Gasteiger partial charge in [-0.05, 0) is 76.6 Å². The van der Waals surface area contributed by atoms with E-state index in [1.54, 1.807) is 6.92 Å². The number of carbonyl (C=O) groups is 1. The minimum Gasteiger partial charge on any atom is -0.482 e. The number of rotatable bonds is 8. The first-order valence-electron chi connectivity index (χ1n) is 14.8. The van der Waals surface area contributed by atoms with Crippen LogP contribution in [0.15, 0.2) is 71.1 Å².